The fourth-order valence-corrected chi connectivity index (χ4v) is 1.86. The molecule has 0 bridgehead atoms. The summed E-state index contributed by atoms with van der Waals surface area (Å²) in [5.41, 5.74) is 2.01. The number of nitrogens with one attached hydrogen (secondary N) is 1. The molecule has 0 aliphatic rings. The first-order valence-corrected chi connectivity index (χ1v) is 7.04. The minimum atomic E-state index is -0.0741. The van der Waals surface area contributed by atoms with Gasteiger partial charge in [0.2, 0.25) is 5.88 Å². The molecule has 2 heterocycles. The Morgan fingerprint density at radius 1 is 1.16 bits per heavy atom. The van der Waals surface area contributed by atoms with E-state index >= 15 is 0 Å². The second kappa shape index (κ2) is 7.45. The minimum absolute atomic E-state index is 0.0741. The smallest absolute Gasteiger partial charge is 0.262 e. The van der Waals surface area contributed by atoms with Crippen molar-refractivity contribution < 1.29 is 4.74 Å². The molecule has 0 fully saturated rings. The van der Waals surface area contributed by atoms with Gasteiger partial charge < -0.3 is 9.72 Å². The summed E-state index contributed by atoms with van der Waals surface area (Å²) in [5.74, 6) is 0.639. The number of methoxy groups -OCH3 is 1. The number of nitrogens with zero attached hydrogens (tertiary/aromatic N) is 1. The molecule has 0 aliphatic heterocycles. The zero-order chi connectivity index (χ0) is 14.4. The maximum atomic E-state index is 10.7. The molecule has 0 atom stereocenters. The highest BCUT2D eigenvalue weighted by atomic mass is 79.9. The fraction of sp³-hybridized carbons (Fsp3) is 0.231. The van der Waals surface area contributed by atoms with E-state index in [4.69, 9.17) is 4.74 Å². The molecule has 4 nitrogen and oxygen atoms in total. The Morgan fingerprint density at radius 2 is 1.79 bits per heavy atom. The predicted molar refractivity (Wildman–Crippen MR) is 82.7 cm³/mol. The molecular formula is C13H14Br2N2O2. The summed E-state index contributed by atoms with van der Waals surface area (Å²) in [6.07, 6.45) is 3.35. The first kappa shape index (κ1) is 15.9. The lowest BCUT2D eigenvalue weighted by Gasteiger charge is -2.02. The van der Waals surface area contributed by atoms with Gasteiger partial charge in [0.05, 0.1) is 16.1 Å². The van der Waals surface area contributed by atoms with Gasteiger partial charge in [-0.2, -0.15) is 0 Å². The molecule has 0 saturated carbocycles. The van der Waals surface area contributed by atoms with Crippen LogP contribution in [0.4, 0.5) is 0 Å². The third-order valence-electron chi connectivity index (χ3n) is 2.34. The van der Waals surface area contributed by atoms with Crippen LogP contribution < -0.4 is 10.3 Å². The molecule has 0 spiro atoms. The molecular weight excluding hydrogens is 376 g/mol. The van der Waals surface area contributed by atoms with Crippen LogP contribution in [-0.2, 0) is 0 Å². The highest BCUT2D eigenvalue weighted by molar-refractivity contribution is 9.10. The summed E-state index contributed by atoms with van der Waals surface area (Å²) < 4.78 is 6.51. The number of halogens is 2. The predicted octanol–water partition coefficient (Wildman–Crippen LogP) is 3.61. The molecule has 0 unspecified atom stereocenters. The summed E-state index contributed by atoms with van der Waals surface area (Å²) in [4.78, 5) is 17.3. The average Bonchev–Trinajstić information content (AvgIpc) is 2.40. The van der Waals surface area contributed by atoms with Crippen LogP contribution in [0.2, 0.25) is 0 Å². The summed E-state index contributed by atoms with van der Waals surface area (Å²) in [7, 11) is 1.60. The van der Waals surface area contributed by atoms with Gasteiger partial charge in [-0.25, -0.2) is 4.98 Å². The highest BCUT2D eigenvalue weighted by Crippen LogP contribution is 2.24. The average molecular weight is 390 g/mol. The summed E-state index contributed by atoms with van der Waals surface area (Å²) >= 11 is 6.49. The van der Waals surface area contributed by atoms with Crippen molar-refractivity contribution in [2.75, 3.05) is 7.11 Å². The van der Waals surface area contributed by atoms with E-state index in [2.05, 4.69) is 41.8 Å². The number of pyridine rings is 2. The zero-order valence-electron chi connectivity index (χ0n) is 10.8. The van der Waals surface area contributed by atoms with Crippen molar-refractivity contribution in [3.8, 4) is 5.88 Å². The number of H-pyrrole nitrogens is 1. The number of aryl methyl sites for hydroxylation is 2. The van der Waals surface area contributed by atoms with E-state index in [1.807, 2.05) is 26.0 Å². The fourth-order valence-electron chi connectivity index (χ4n) is 1.22. The third kappa shape index (κ3) is 4.47. The van der Waals surface area contributed by atoms with Crippen LogP contribution >= 0.6 is 31.9 Å². The quantitative estimate of drug-likeness (QED) is 0.810. The zero-order valence-corrected chi connectivity index (χ0v) is 14.0. The van der Waals surface area contributed by atoms with Crippen molar-refractivity contribution in [2.24, 2.45) is 0 Å². The number of aromatic amines is 1. The summed E-state index contributed by atoms with van der Waals surface area (Å²) in [5, 5.41) is 0. The van der Waals surface area contributed by atoms with Gasteiger partial charge in [0.15, 0.2) is 0 Å². The van der Waals surface area contributed by atoms with Crippen LogP contribution in [0.25, 0.3) is 0 Å². The van der Waals surface area contributed by atoms with E-state index in [0.717, 1.165) is 15.6 Å². The largest absolute Gasteiger partial charge is 0.480 e. The van der Waals surface area contributed by atoms with Crippen LogP contribution in [-0.4, -0.2) is 17.1 Å². The molecule has 1 N–H and O–H groups in total. The van der Waals surface area contributed by atoms with E-state index in [9.17, 15) is 4.79 Å². The van der Waals surface area contributed by atoms with Crippen molar-refractivity contribution in [1.82, 2.24) is 9.97 Å². The number of ether oxygens (including phenoxy) is 1. The number of hydrogen-bond acceptors (Lipinski definition) is 3. The Hall–Kier alpha value is -1.14. The molecule has 0 saturated heterocycles. The van der Waals surface area contributed by atoms with E-state index in [1.165, 1.54) is 0 Å². The normalized spacial score (nSPS) is 9.53. The standard InChI is InChI=1S/C7H8BrNO.C6H6BrNO/c1-5-3-4-9-7(10-2)6(5)8;1-4-2-3-8-6(9)5(4)7/h3-4H,1-2H3;2-3H,1H3,(H,8,9). The lowest BCUT2D eigenvalue weighted by Crippen LogP contribution is -2.05. The molecule has 6 heteroatoms. The van der Waals surface area contributed by atoms with Crippen molar-refractivity contribution in [3.05, 3.63) is 55.0 Å². The van der Waals surface area contributed by atoms with E-state index in [-0.39, 0.29) is 5.56 Å². The van der Waals surface area contributed by atoms with Gasteiger partial charge in [-0.05, 0) is 69.0 Å². The van der Waals surface area contributed by atoms with Gasteiger partial charge >= 0.3 is 0 Å². The van der Waals surface area contributed by atoms with Crippen molar-refractivity contribution in [3.63, 3.8) is 0 Å². The van der Waals surface area contributed by atoms with Crippen LogP contribution in [0.5, 0.6) is 5.88 Å². The maximum absolute atomic E-state index is 10.7. The van der Waals surface area contributed by atoms with Crippen LogP contribution in [0.1, 0.15) is 11.1 Å². The van der Waals surface area contributed by atoms with E-state index < -0.39 is 0 Å². The van der Waals surface area contributed by atoms with Crippen LogP contribution in [0.3, 0.4) is 0 Å². The van der Waals surface area contributed by atoms with Gasteiger partial charge in [-0.1, -0.05) is 0 Å². The molecule has 2 rings (SSSR count). The van der Waals surface area contributed by atoms with Crippen LogP contribution in [0.15, 0.2) is 38.3 Å². The minimum Gasteiger partial charge on any atom is -0.480 e. The van der Waals surface area contributed by atoms with Crippen LogP contribution in [0, 0.1) is 13.8 Å². The molecule has 0 radical (unpaired) electrons. The second-order valence-electron chi connectivity index (χ2n) is 3.75. The second-order valence-corrected chi connectivity index (χ2v) is 5.34. The SMILES string of the molecule is COc1nccc(C)c1Br.Cc1cc[nH]c(=O)c1Br. The van der Waals surface area contributed by atoms with Gasteiger partial charge in [-0.3, -0.25) is 4.79 Å². The number of rotatable bonds is 1. The summed E-state index contributed by atoms with van der Waals surface area (Å²) in [6.45, 7) is 3.87. The molecule has 2 aromatic rings. The van der Waals surface area contributed by atoms with E-state index in [0.29, 0.717) is 10.4 Å². The molecule has 102 valence electrons. The molecule has 0 amide bonds. The molecule has 0 aliphatic carbocycles. The Bertz CT molecular complexity index is 612. The molecule has 19 heavy (non-hydrogen) atoms. The Kier molecular flexibility index (Phi) is 6.24. The number of aromatic nitrogens is 2. The first-order chi connectivity index (χ1) is 8.97. The van der Waals surface area contributed by atoms with Crippen molar-refractivity contribution >= 4 is 31.9 Å². The monoisotopic (exact) mass is 388 g/mol. The van der Waals surface area contributed by atoms with Gasteiger partial charge in [0.25, 0.3) is 5.56 Å². The van der Waals surface area contributed by atoms with Crippen molar-refractivity contribution in [1.29, 1.82) is 0 Å². The Morgan fingerprint density at radius 3 is 2.26 bits per heavy atom. The lowest BCUT2D eigenvalue weighted by atomic mass is 10.3. The highest BCUT2D eigenvalue weighted by Gasteiger charge is 2.01. The van der Waals surface area contributed by atoms with Crippen molar-refractivity contribution in [2.45, 2.75) is 13.8 Å². The lowest BCUT2D eigenvalue weighted by molar-refractivity contribution is 0.394. The van der Waals surface area contributed by atoms with E-state index in [1.54, 1.807) is 19.5 Å². The topological polar surface area (TPSA) is 55.0 Å². The maximum Gasteiger partial charge on any atom is 0.262 e. The van der Waals surface area contributed by atoms with Gasteiger partial charge in [0.1, 0.15) is 0 Å². The van der Waals surface area contributed by atoms with Gasteiger partial charge in [0, 0.05) is 12.4 Å². The first-order valence-electron chi connectivity index (χ1n) is 5.46. The third-order valence-corrected chi connectivity index (χ3v) is 4.29. The Balaban J connectivity index is 0.000000191. The molecule has 0 aromatic carbocycles. The van der Waals surface area contributed by atoms with Gasteiger partial charge in [-0.15, -0.1) is 0 Å². The molecule has 2 aromatic heterocycles. The Labute approximate surface area is 128 Å². The summed E-state index contributed by atoms with van der Waals surface area (Å²) in [6, 6.07) is 3.76. The number of hydrogen-bond donors (Lipinski definition) is 1.